The third kappa shape index (κ3) is 2.21. The molecule has 13 heavy (non-hydrogen) atoms. The lowest BCUT2D eigenvalue weighted by atomic mass is 9.89. The van der Waals surface area contributed by atoms with Crippen molar-refractivity contribution in [1.29, 1.82) is 0 Å². The summed E-state index contributed by atoms with van der Waals surface area (Å²) in [6.07, 6.45) is 1.88. The second kappa shape index (κ2) is 3.66. The molecule has 76 valence electrons. The molecule has 1 N–H and O–H groups in total. The van der Waals surface area contributed by atoms with Crippen molar-refractivity contribution in [3.63, 3.8) is 0 Å². The van der Waals surface area contributed by atoms with Gasteiger partial charge in [-0.15, -0.1) is 0 Å². The Morgan fingerprint density at radius 3 is 2.38 bits per heavy atom. The van der Waals surface area contributed by atoms with E-state index in [2.05, 4.69) is 18.6 Å². The van der Waals surface area contributed by atoms with E-state index in [0.29, 0.717) is 5.92 Å². The highest BCUT2D eigenvalue weighted by Gasteiger charge is 2.52. The van der Waals surface area contributed by atoms with Gasteiger partial charge in [0.05, 0.1) is 7.11 Å². The SMILES string of the molecule is COC(=O)C(O)C1(CC(C)C)CC1. The van der Waals surface area contributed by atoms with Crippen molar-refractivity contribution in [3.8, 4) is 0 Å². The first-order valence-electron chi connectivity index (χ1n) is 4.78. The average Bonchev–Trinajstić information content (AvgIpc) is 2.82. The van der Waals surface area contributed by atoms with Crippen LogP contribution in [-0.2, 0) is 9.53 Å². The Labute approximate surface area is 79.1 Å². The number of ether oxygens (including phenoxy) is 1. The lowest BCUT2D eigenvalue weighted by Crippen LogP contribution is -2.32. The summed E-state index contributed by atoms with van der Waals surface area (Å²) >= 11 is 0. The van der Waals surface area contributed by atoms with Gasteiger partial charge >= 0.3 is 5.97 Å². The summed E-state index contributed by atoms with van der Waals surface area (Å²) < 4.78 is 4.53. The van der Waals surface area contributed by atoms with Crippen LogP contribution in [0.4, 0.5) is 0 Å². The summed E-state index contributed by atoms with van der Waals surface area (Å²) in [5.41, 5.74) is -0.165. The normalized spacial score (nSPS) is 21.3. The highest BCUT2D eigenvalue weighted by Crippen LogP contribution is 2.53. The van der Waals surface area contributed by atoms with Gasteiger partial charge in [0.25, 0.3) is 0 Å². The zero-order chi connectivity index (χ0) is 10.1. The van der Waals surface area contributed by atoms with Crippen molar-refractivity contribution >= 4 is 5.97 Å². The highest BCUT2D eigenvalue weighted by atomic mass is 16.5. The van der Waals surface area contributed by atoms with Crippen molar-refractivity contribution < 1.29 is 14.6 Å². The molecular weight excluding hydrogens is 168 g/mol. The fraction of sp³-hybridized carbons (Fsp3) is 0.900. The number of hydrogen-bond donors (Lipinski definition) is 1. The molecule has 3 heteroatoms. The molecule has 0 amide bonds. The number of methoxy groups -OCH3 is 1. The Kier molecular flexibility index (Phi) is 2.96. The molecule has 0 aromatic carbocycles. The number of rotatable bonds is 4. The molecule has 0 spiro atoms. The van der Waals surface area contributed by atoms with Crippen molar-refractivity contribution in [2.45, 2.75) is 39.2 Å². The lowest BCUT2D eigenvalue weighted by Gasteiger charge is -2.21. The minimum absolute atomic E-state index is 0.165. The Morgan fingerprint density at radius 2 is 2.08 bits per heavy atom. The van der Waals surface area contributed by atoms with Crippen LogP contribution in [0.3, 0.4) is 0 Å². The summed E-state index contributed by atoms with van der Waals surface area (Å²) in [7, 11) is 1.32. The van der Waals surface area contributed by atoms with Gasteiger partial charge in [-0.3, -0.25) is 0 Å². The third-order valence-electron chi connectivity index (χ3n) is 2.71. The average molecular weight is 186 g/mol. The molecule has 1 fully saturated rings. The zero-order valence-corrected chi connectivity index (χ0v) is 8.54. The molecule has 1 rings (SSSR count). The van der Waals surface area contributed by atoms with Crippen molar-refractivity contribution in [2.75, 3.05) is 7.11 Å². The number of carbonyl (C=O) groups excluding carboxylic acids is 1. The van der Waals surface area contributed by atoms with Crippen LogP contribution >= 0.6 is 0 Å². The van der Waals surface area contributed by atoms with Crippen LogP contribution in [0.5, 0.6) is 0 Å². The predicted molar refractivity (Wildman–Crippen MR) is 49.1 cm³/mol. The highest BCUT2D eigenvalue weighted by molar-refractivity contribution is 5.75. The van der Waals surface area contributed by atoms with Gasteiger partial charge in [-0.1, -0.05) is 13.8 Å². The molecule has 1 saturated carbocycles. The van der Waals surface area contributed by atoms with E-state index in [1.54, 1.807) is 0 Å². The second-order valence-electron chi connectivity index (χ2n) is 4.39. The van der Waals surface area contributed by atoms with Gasteiger partial charge in [0.15, 0.2) is 6.10 Å². The first-order chi connectivity index (χ1) is 6.02. The van der Waals surface area contributed by atoms with Gasteiger partial charge in [0.1, 0.15) is 0 Å². The predicted octanol–water partition coefficient (Wildman–Crippen LogP) is 1.35. The van der Waals surface area contributed by atoms with E-state index in [9.17, 15) is 9.90 Å². The Hall–Kier alpha value is -0.570. The van der Waals surface area contributed by atoms with Gasteiger partial charge in [-0.05, 0) is 25.2 Å². The maximum atomic E-state index is 11.1. The maximum absolute atomic E-state index is 11.1. The monoisotopic (exact) mass is 186 g/mol. The smallest absolute Gasteiger partial charge is 0.335 e. The number of aliphatic hydroxyl groups excluding tert-OH is 1. The molecule has 0 heterocycles. The molecule has 1 atom stereocenters. The van der Waals surface area contributed by atoms with Crippen LogP contribution in [0.2, 0.25) is 0 Å². The van der Waals surface area contributed by atoms with E-state index in [-0.39, 0.29) is 5.41 Å². The van der Waals surface area contributed by atoms with Crippen molar-refractivity contribution in [2.24, 2.45) is 11.3 Å². The van der Waals surface area contributed by atoms with Crippen LogP contribution in [0.15, 0.2) is 0 Å². The van der Waals surface area contributed by atoms with Crippen LogP contribution < -0.4 is 0 Å². The fourth-order valence-corrected chi connectivity index (χ4v) is 1.92. The minimum atomic E-state index is -0.917. The first kappa shape index (κ1) is 10.5. The number of esters is 1. The minimum Gasteiger partial charge on any atom is -0.467 e. The van der Waals surface area contributed by atoms with E-state index in [1.807, 2.05) is 0 Å². The Morgan fingerprint density at radius 1 is 1.54 bits per heavy atom. The Bertz CT molecular complexity index is 194. The summed E-state index contributed by atoms with van der Waals surface area (Å²) in [6.45, 7) is 4.20. The molecular formula is C10H18O3. The number of aliphatic hydroxyl groups is 1. The third-order valence-corrected chi connectivity index (χ3v) is 2.71. The topological polar surface area (TPSA) is 46.5 Å². The Balaban J connectivity index is 2.54. The quantitative estimate of drug-likeness (QED) is 0.674. The lowest BCUT2D eigenvalue weighted by molar-refractivity contribution is -0.154. The maximum Gasteiger partial charge on any atom is 0.335 e. The van der Waals surface area contributed by atoms with Crippen molar-refractivity contribution in [1.82, 2.24) is 0 Å². The molecule has 0 saturated heterocycles. The van der Waals surface area contributed by atoms with E-state index >= 15 is 0 Å². The molecule has 0 aliphatic heterocycles. The molecule has 1 aliphatic rings. The summed E-state index contributed by atoms with van der Waals surface area (Å²) in [5, 5.41) is 9.68. The zero-order valence-electron chi connectivity index (χ0n) is 8.54. The number of carbonyl (C=O) groups is 1. The van der Waals surface area contributed by atoms with Crippen LogP contribution in [0.25, 0.3) is 0 Å². The van der Waals surface area contributed by atoms with Crippen molar-refractivity contribution in [3.05, 3.63) is 0 Å². The van der Waals surface area contributed by atoms with E-state index < -0.39 is 12.1 Å². The molecule has 0 bridgehead atoms. The van der Waals surface area contributed by atoms with Crippen LogP contribution in [0.1, 0.15) is 33.1 Å². The van der Waals surface area contributed by atoms with E-state index in [0.717, 1.165) is 19.3 Å². The van der Waals surface area contributed by atoms with Gasteiger partial charge in [-0.2, -0.15) is 0 Å². The van der Waals surface area contributed by atoms with Gasteiger partial charge < -0.3 is 9.84 Å². The number of hydrogen-bond acceptors (Lipinski definition) is 3. The van der Waals surface area contributed by atoms with Gasteiger partial charge in [0, 0.05) is 5.41 Å². The molecule has 3 nitrogen and oxygen atoms in total. The second-order valence-corrected chi connectivity index (χ2v) is 4.39. The summed E-state index contributed by atoms with van der Waals surface area (Å²) in [5.74, 6) is 0.0277. The van der Waals surface area contributed by atoms with E-state index in [4.69, 9.17) is 0 Å². The largest absolute Gasteiger partial charge is 0.467 e. The molecule has 0 radical (unpaired) electrons. The van der Waals surface area contributed by atoms with Crippen LogP contribution in [-0.4, -0.2) is 24.3 Å². The first-order valence-corrected chi connectivity index (χ1v) is 4.78. The summed E-state index contributed by atoms with van der Waals surface area (Å²) in [6, 6.07) is 0. The van der Waals surface area contributed by atoms with E-state index in [1.165, 1.54) is 7.11 Å². The molecule has 1 unspecified atom stereocenters. The fourth-order valence-electron chi connectivity index (χ4n) is 1.92. The van der Waals surface area contributed by atoms with Gasteiger partial charge in [-0.25, -0.2) is 4.79 Å². The summed E-state index contributed by atoms with van der Waals surface area (Å²) in [4.78, 5) is 11.1. The molecule has 0 aromatic rings. The van der Waals surface area contributed by atoms with Crippen LogP contribution in [0, 0.1) is 11.3 Å². The molecule has 1 aliphatic carbocycles. The molecule has 0 aromatic heterocycles. The standard InChI is InChI=1S/C10H18O3/c1-7(2)6-10(4-5-10)8(11)9(12)13-3/h7-8,11H,4-6H2,1-3H3. The van der Waals surface area contributed by atoms with Gasteiger partial charge in [0.2, 0.25) is 0 Å².